The van der Waals surface area contributed by atoms with Crippen molar-refractivity contribution >= 4 is 35.2 Å². The molecule has 0 saturated carbocycles. The average Bonchev–Trinajstić information content (AvgIpc) is 3.18. The molecule has 0 amide bonds. The Balaban J connectivity index is 1.68. The molecule has 0 aliphatic rings. The van der Waals surface area contributed by atoms with Gasteiger partial charge < -0.3 is 4.74 Å². The van der Waals surface area contributed by atoms with Crippen LogP contribution in [0.3, 0.4) is 0 Å². The Labute approximate surface area is 153 Å². The molecule has 122 valence electrons. The van der Waals surface area contributed by atoms with E-state index in [9.17, 15) is 0 Å². The second-order valence-electron chi connectivity index (χ2n) is 5.53. The quantitative estimate of drug-likeness (QED) is 0.439. The van der Waals surface area contributed by atoms with Crippen LogP contribution in [0.4, 0.5) is 0 Å². The second kappa shape index (κ2) is 7.65. The van der Waals surface area contributed by atoms with E-state index in [1.807, 2.05) is 17.5 Å². The molecule has 1 aromatic heterocycles. The van der Waals surface area contributed by atoms with Gasteiger partial charge in [-0.15, -0.1) is 11.3 Å². The molecule has 25 heavy (non-hydrogen) atoms. The van der Waals surface area contributed by atoms with Gasteiger partial charge in [0, 0.05) is 0 Å². The van der Waals surface area contributed by atoms with Crippen LogP contribution < -0.4 is 20.7 Å². The number of hydrogen-bond donors (Lipinski definition) is 0. The lowest BCUT2D eigenvalue weighted by atomic mass is 10.3. The molecule has 3 heteroatoms. The largest absolute Gasteiger partial charge is 0.447 e. The predicted octanol–water partition coefficient (Wildman–Crippen LogP) is 5.30. The van der Waals surface area contributed by atoms with Crippen molar-refractivity contribution in [3.05, 3.63) is 102 Å². The van der Waals surface area contributed by atoms with Gasteiger partial charge in [0.25, 0.3) is 0 Å². The number of thiophene rings is 1. The summed E-state index contributed by atoms with van der Waals surface area (Å²) in [4.78, 5) is 0. The first kappa shape index (κ1) is 16.1. The lowest BCUT2D eigenvalue weighted by Crippen LogP contribution is -2.20. The van der Waals surface area contributed by atoms with Crippen molar-refractivity contribution in [2.45, 2.75) is 0 Å². The first-order chi connectivity index (χ1) is 12.4. The lowest BCUT2D eigenvalue weighted by Gasteiger charge is -2.19. The van der Waals surface area contributed by atoms with Crippen LogP contribution in [-0.4, -0.2) is 0 Å². The summed E-state index contributed by atoms with van der Waals surface area (Å²) in [7, 11) is -0.561. The molecule has 3 aromatic carbocycles. The molecule has 1 heterocycles. The second-order valence-corrected chi connectivity index (χ2v) is 8.66. The third-order valence-corrected chi connectivity index (χ3v) is 7.03. The molecule has 0 aliphatic carbocycles. The van der Waals surface area contributed by atoms with Gasteiger partial charge in [0.05, 0.1) is 0 Å². The first-order valence-electron chi connectivity index (χ1n) is 8.12. The van der Waals surface area contributed by atoms with E-state index < -0.39 is 7.92 Å². The van der Waals surface area contributed by atoms with Gasteiger partial charge in [-0.05, 0) is 53.5 Å². The lowest BCUT2D eigenvalue weighted by molar-refractivity contribution is 0.497. The summed E-state index contributed by atoms with van der Waals surface area (Å²) < 4.78 is 5.89. The van der Waals surface area contributed by atoms with Crippen LogP contribution in [0.1, 0.15) is 0 Å². The highest BCUT2D eigenvalue weighted by Crippen LogP contribution is 2.34. The molecule has 0 fully saturated rings. The minimum absolute atomic E-state index is 0.561. The highest BCUT2D eigenvalue weighted by Gasteiger charge is 2.16. The number of hydrogen-bond acceptors (Lipinski definition) is 2. The Hall–Kier alpha value is -2.41. The monoisotopic (exact) mass is 360 g/mol. The Morgan fingerprint density at radius 3 is 1.64 bits per heavy atom. The molecule has 4 rings (SSSR count). The van der Waals surface area contributed by atoms with Crippen LogP contribution in [0.15, 0.2) is 102 Å². The number of ether oxygens (including phenoxy) is 1. The van der Waals surface area contributed by atoms with Gasteiger partial charge in [-0.25, -0.2) is 0 Å². The summed E-state index contributed by atoms with van der Waals surface area (Å²) in [5.41, 5.74) is 0. The molecule has 0 saturated heterocycles. The van der Waals surface area contributed by atoms with Gasteiger partial charge in [-0.1, -0.05) is 72.8 Å². The van der Waals surface area contributed by atoms with Crippen LogP contribution in [0, 0.1) is 0 Å². The zero-order chi connectivity index (χ0) is 16.9. The third kappa shape index (κ3) is 3.82. The van der Waals surface area contributed by atoms with Gasteiger partial charge in [-0.3, -0.25) is 0 Å². The van der Waals surface area contributed by atoms with Crippen LogP contribution in [0.2, 0.25) is 0 Å². The molecule has 0 radical (unpaired) electrons. The number of rotatable bonds is 5. The van der Waals surface area contributed by atoms with Gasteiger partial charge in [0.2, 0.25) is 0 Å². The molecular weight excluding hydrogens is 343 g/mol. The average molecular weight is 360 g/mol. The van der Waals surface area contributed by atoms with Crippen molar-refractivity contribution < 1.29 is 4.74 Å². The van der Waals surface area contributed by atoms with Gasteiger partial charge in [-0.2, -0.15) is 0 Å². The summed E-state index contributed by atoms with van der Waals surface area (Å²) in [6.07, 6.45) is 0. The summed E-state index contributed by atoms with van der Waals surface area (Å²) in [5, 5.41) is 6.98. The highest BCUT2D eigenvalue weighted by atomic mass is 32.1. The Kier molecular flexibility index (Phi) is 4.92. The predicted molar refractivity (Wildman–Crippen MR) is 110 cm³/mol. The highest BCUT2D eigenvalue weighted by molar-refractivity contribution is 7.79. The van der Waals surface area contributed by atoms with E-state index in [1.165, 1.54) is 15.9 Å². The van der Waals surface area contributed by atoms with Gasteiger partial charge >= 0.3 is 0 Å². The maximum atomic E-state index is 5.89. The van der Waals surface area contributed by atoms with E-state index in [-0.39, 0.29) is 0 Å². The van der Waals surface area contributed by atoms with Crippen LogP contribution in [-0.2, 0) is 0 Å². The Morgan fingerprint density at radius 1 is 0.560 bits per heavy atom. The topological polar surface area (TPSA) is 9.23 Å². The molecule has 0 atom stereocenters. The molecule has 0 spiro atoms. The minimum atomic E-state index is -0.561. The Bertz CT molecular complexity index is 864. The van der Waals surface area contributed by atoms with Crippen molar-refractivity contribution in [2.75, 3.05) is 0 Å². The Morgan fingerprint density at radius 2 is 1.12 bits per heavy atom. The van der Waals surface area contributed by atoms with Crippen molar-refractivity contribution in [1.29, 1.82) is 0 Å². The zero-order valence-corrected chi connectivity index (χ0v) is 15.3. The SMILES string of the molecule is c1ccc(P(c2ccccc2)c2ccc(Oc3cccs3)cc2)cc1. The summed E-state index contributed by atoms with van der Waals surface area (Å²) in [6, 6.07) is 34.0. The fourth-order valence-corrected chi connectivity index (χ4v) is 5.58. The minimum Gasteiger partial charge on any atom is -0.447 e. The van der Waals surface area contributed by atoms with Gasteiger partial charge in [0.1, 0.15) is 5.75 Å². The molecular formula is C22H17OPS. The van der Waals surface area contributed by atoms with E-state index in [0.717, 1.165) is 10.8 Å². The first-order valence-corrected chi connectivity index (χ1v) is 10.3. The molecule has 0 N–H and O–H groups in total. The van der Waals surface area contributed by atoms with Crippen molar-refractivity contribution in [3.63, 3.8) is 0 Å². The zero-order valence-electron chi connectivity index (χ0n) is 13.6. The molecule has 0 bridgehead atoms. The maximum absolute atomic E-state index is 5.89. The summed E-state index contributed by atoms with van der Waals surface area (Å²) in [5.74, 6) is 0.877. The smallest absolute Gasteiger partial charge is 0.180 e. The van der Waals surface area contributed by atoms with Crippen LogP contribution in [0.25, 0.3) is 0 Å². The third-order valence-electron chi connectivity index (χ3n) is 3.84. The van der Waals surface area contributed by atoms with E-state index >= 15 is 0 Å². The van der Waals surface area contributed by atoms with Crippen molar-refractivity contribution in [1.82, 2.24) is 0 Å². The fourth-order valence-electron chi connectivity index (χ4n) is 2.70. The van der Waals surface area contributed by atoms with Crippen molar-refractivity contribution in [3.8, 4) is 10.8 Å². The van der Waals surface area contributed by atoms with E-state index in [0.29, 0.717) is 0 Å². The fraction of sp³-hybridized carbons (Fsp3) is 0. The van der Waals surface area contributed by atoms with Gasteiger partial charge in [0.15, 0.2) is 5.06 Å². The number of benzene rings is 3. The van der Waals surface area contributed by atoms with E-state index in [4.69, 9.17) is 4.74 Å². The standard InChI is InChI=1S/C22H17OPS/c1-3-8-19(9-4-1)24(20-10-5-2-6-11-20)21-15-13-18(14-16-21)23-22-12-7-17-25-22/h1-17H. The normalized spacial score (nSPS) is 10.8. The molecule has 0 unspecified atom stereocenters. The molecule has 4 aromatic rings. The van der Waals surface area contributed by atoms with E-state index in [2.05, 4.69) is 84.9 Å². The van der Waals surface area contributed by atoms with Crippen LogP contribution >= 0.6 is 19.3 Å². The van der Waals surface area contributed by atoms with Crippen molar-refractivity contribution in [2.24, 2.45) is 0 Å². The molecule has 0 aliphatic heterocycles. The summed E-state index contributed by atoms with van der Waals surface area (Å²) >= 11 is 1.60. The summed E-state index contributed by atoms with van der Waals surface area (Å²) in [6.45, 7) is 0. The molecule has 1 nitrogen and oxygen atoms in total. The maximum Gasteiger partial charge on any atom is 0.180 e. The van der Waals surface area contributed by atoms with E-state index in [1.54, 1.807) is 11.3 Å². The van der Waals surface area contributed by atoms with Crippen LogP contribution in [0.5, 0.6) is 10.8 Å².